The molecule has 0 spiro atoms. The third-order valence-electron chi connectivity index (χ3n) is 2.43. The van der Waals surface area contributed by atoms with Gasteiger partial charge in [-0.2, -0.15) is 0 Å². The van der Waals surface area contributed by atoms with E-state index in [9.17, 15) is 19.2 Å². The molecule has 7 heteroatoms. The number of benzene rings is 1. The molecular formula is C12H8N2O5. The average Bonchev–Trinajstić information content (AvgIpc) is 2.34. The highest BCUT2D eigenvalue weighted by atomic mass is 16.4. The van der Waals surface area contributed by atoms with Gasteiger partial charge in [0.1, 0.15) is 5.57 Å². The average molecular weight is 260 g/mol. The number of urea groups is 1. The van der Waals surface area contributed by atoms with Crippen LogP contribution in [0.15, 0.2) is 29.8 Å². The normalized spacial score (nSPS) is 14.7. The van der Waals surface area contributed by atoms with Crippen molar-refractivity contribution in [2.75, 3.05) is 0 Å². The summed E-state index contributed by atoms with van der Waals surface area (Å²) in [7, 11) is 0. The van der Waals surface area contributed by atoms with E-state index in [2.05, 4.69) is 0 Å². The van der Waals surface area contributed by atoms with Crippen molar-refractivity contribution in [2.24, 2.45) is 0 Å². The lowest BCUT2D eigenvalue weighted by atomic mass is 10.0. The second-order valence-corrected chi connectivity index (χ2v) is 3.69. The highest BCUT2D eigenvalue weighted by Gasteiger charge is 2.28. The number of carboxylic acids is 1. The molecule has 1 aliphatic rings. The summed E-state index contributed by atoms with van der Waals surface area (Å²) in [5, 5.41) is 12.8. The van der Waals surface area contributed by atoms with Crippen molar-refractivity contribution in [3.8, 4) is 0 Å². The molecule has 1 aliphatic heterocycles. The van der Waals surface area contributed by atoms with Gasteiger partial charge >= 0.3 is 12.0 Å². The molecule has 0 bridgehead atoms. The van der Waals surface area contributed by atoms with Crippen molar-refractivity contribution in [1.82, 2.24) is 10.6 Å². The molecule has 1 heterocycles. The number of carbonyl (C=O) groups excluding carboxylic acids is 3. The number of hydrogen-bond acceptors (Lipinski definition) is 4. The maximum atomic E-state index is 11.5. The maximum absolute atomic E-state index is 11.5. The minimum absolute atomic E-state index is 0.0486. The SMILES string of the molecule is O=C1NC(=O)C(=Cc2ccccc2C(=O)O)C(=O)N1. The van der Waals surface area contributed by atoms with E-state index in [0.29, 0.717) is 0 Å². The number of carboxylic acid groups (broad SMARTS) is 1. The second kappa shape index (κ2) is 4.73. The smallest absolute Gasteiger partial charge is 0.336 e. The molecule has 96 valence electrons. The van der Waals surface area contributed by atoms with Gasteiger partial charge in [-0.15, -0.1) is 0 Å². The van der Waals surface area contributed by atoms with Gasteiger partial charge < -0.3 is 5.11 Å². The largest absolute Gasteiger partial charge is 0.478 e. The first-order valence-corrected chi connectivity index (χ1v) is 5.19. The van der Waals surface area contributed by atoms with E-state index in [4.69, 9.17) is 5.11 Å². The Morgan fingerprint density at radius 2 is 1.63 bits per heavy atom. The molecule has 7 nitrogen and oxygen atoms in total. The standard InChI is InChI=1S/C12H8N2O5/c15-9-8(10(16)14-12(19)13-9)5-6-3-1-2-4-7(6)11(17)18/h1-5H,(H,17,18)(H2,13,14,15,16,19). The first kappa shape index (κ1) is 12.5. The minimum Gasteiger partial charge on any atom is -0.478 e. The maximum Gasteiger partial charge on any atom is 0.336 e. The molecule has 1 aromatic rings. The van der Waals surface area contributed by atoms with Gasteiger partial charge in [0.2, 0.25) is 0 Å². The van der Waals surface area contributed by atoms with Crippen molar-refractivity contribution in [3.05, 3.63) is 41.0 Å². The van der Waals surface area contributed by atoms with Crippen LogP contribution < -0.4 is 10.6 Å². The van der Waals surface area contributed by atoms with Gasteiger partial charge in [-0.3, -0.25) is 20.2 Å². The van der Waals surface area contributed by atoms with Crippen molar-refractivity contribution in [3.63, 3.8) is 0 Å². The zero-order valence-electron chi connectivity index (χ0n) is 9.47. The first-order valence-electron chi connectivity index (χ1n) is 5.19. The number of barbiturate groups is 1. The monoisotopic (exact) mass is 260 g/mol. The Labute approximate surface area is 106 Å². The fourth-order valence-electron chi connectivity index (χ4n) is 1.58. The molecule has 1 aromatic carbocycles. The third-order valence-corrected chi connectivity index (χ3v) is 2.43. The molecule has 2 rings (SSSR count). The van der Waals surface area contributed by atoms with Gasteiger partial charge in [0.05, 0.1) is 5.56 Å². The van der Waals surface area contributed by atoms with Gasteiger partial charge in [-0.25, -0.2) is 9.59 Å². The van der Waals surface area contributed by atoms with Crippen LogP contribution in [0.2, 0.25) is 0 Å². The molecule has 0 atom stereocenters. The Balaban J connectivity index is 2.46. The molecule has 0 radical (unpaired) electrons. The lowest BCUT2D eigenvalue weighted by Crippen LogP contribution is -2.51. The molecule has 0 unspecified atom stereocenters. The predicted molar refractivity (Wildman–Crippen MR) is 63.1 cm³/mol. The number of amides is 4. The van der Waals surface area contributed by atoms with Crippen LogP contribution in [0.3, 0.4) is 0 Å². The van der Waals surface area contributed by atoms with Crippen LogP contribution in [0, 0.1) is 0 Å². The number of rotatable bonds is 2. The van der Waals surface area contributed by atoms with Crippen molar-refractivity contribution in [2.45, 2.75) is 0 Å². The van der Waals surface area contributed by atoms with Gasteiger partial charge in [0.25, 0.3) is 11.8 Å². The van der Waals surface area contributed by atoms with Crippen LogP contribution in [0.5, 0.6) is 0 Å². The van der Waals surface area contributed by atoms with E-state index < -0.39 is 23.8 Å². The predicted octanol–water partition coefficient (Wildman–Crippen LogP) is 0.134. The Bertz CT molecular complexity index is 611. The van der Waals surface area contributed by atoms with Crippen LogP contribution in [-0.4, -0.2) is 28.9 Å². The molecule has 0 aromatic heterocycles. The first-order chi connectivity index (χ1) is 8.99. The van der Waals surface area contributed by atoms with Crippen molar-refractivity contribution in [1.29, 1.82) is 0 Å². The van der Waals surface area contributed by atoms with E-state index in [0.717, 1.165) is 6.08 Å². The van der Waals surface area contributed by atoms with Gasteiger partial charge in [0, 0.05) is 0 Å². The van der Waals surface area contributed by atoms with E-state index in [-0.39, 0.29) is 16.7 Å². The lowest BCUT2D eigenvalue weighted by molar-refractivity contribution is -0.123. The number of imide groups is 2. The topological polar surface area (TPSA) is 113 Å². The molecule has 0 saturated carbocycles. The number of carbonyl (C=O) groups is 4. The van der Waals surface area contributed by atoms with Crippen LogP contribution >= 0.6 is 0 Å². The van der Waals surface area contributed by atoms with Crippen molar-refractivity contribution < 1.29 is 24.3 Å². The van der Waals surface area contributed by atoms with Crippen LogP contribution in [0.4, 0.5) is 4.79 Å². The summed E-state index contributed by atoms with van der Waals surface area (Å²) in [5.41, 5.74) is -0.176. The van der Waals surface area contributed by atoms with E-state index >= 15 is 0 Å². The summed E-state index contributed by atoms with van der Waals surface area (Å²) >= 11 is 0. The van der Waals surface area contributed by atoms with E-state index in [1.807, 2.05) is 10.6 Å². The number of aromatic carboxylic acids is 1. The Morgan fingerprint density at radius 1 is 1.05 bits per heavy atom. The number of hydrogen-bond donors (Lipinski definition) is 3. The zero-order chi connectivity index (χ0) is 14.0. The summed E-state index contributed by atoms with van der Waals surface area (Å²) in [6.07, 6.45) is 1.13. The second-order valence-electron chi connectivity index (χ2n) is 3.69. The molecule has 0 aliphatic carbocycles. The van der Waals surface area contributed by atoms with Gasteiger partial charge in [-0.05, 0) is 17.7 Å². The van der Waals surface area contributed by atoms with Crippen LogP contribution in [0.1, 0.15) is 15.9 Å². The Kier molecular flexibility index (Phi) is 3.11. The highest BCUT2D eigenvalue weighted by molar-refractivity contribution is 6.31. The highest BCUT2D eigenvalue weighted by Crippen LogP contribution is 2.14. The van der Waals surface area contributed by atoms with Gasteiger partial charge in [-0.1, -0.05) is 18.2 Å². The Hall–Kier alpha value is -2.96. The van der Waals surface area contributed by atoms with Crippen LogP contribution in [-0.2, 0) is 9.59 Å². The van der Waals surface area contributed by atoms with Gasteiger partial charge in [0.15, 0.2) is 0 Å². The fraction of sp³-hybridized carbons (Fsp3) is 0. The quantitative estimate of drug-likeness (QED) is 0.517. The molecule has 1 saturated heterocycles. The lowest BCUT2D eigenvalue weighted by Gasteiger charge is -2.14. The number of nitrogens with one attached hydrogen (secondary N) is 2. The summed E-state index contributed by atoms with van der Waals surface area (Å²) < 4.78 is 0. The summed E-state index contributed by atoms with van der Waals surface area (Å²) in [6.45, 7) is 0. The molecule has 19 heavy (non-hydrogen) atoms. The summed E-state index contributed by atoms with van der Waals surface area (Å²) in [6, 6.07) is 4.99. The third kappa shape index (κ3) is 2.49. The zero-order valence-corrected chi connectivity index (χ0v) is 9.47. The fourth-order valence-corrected chi connectivity index (χ4v) is 1.58. The summed E-state index contributed by atoms with van der Waals surface area (Å²) in [5.74, 6) is -2.91. The molecule has 1 fully saturated rings. The van der Waals surface area contributed by atoms with Crippen LogP contribution in [0.25, 0.3) is 6.08 Å². The molecule has 4 amide bonds. The minimum atomic E-state index is -1.18. The Morgan fingerprint density at radius 3 is 2.21 bits per heavy atom. The van der Waals surface area contributed by atoms with Crippen molar-refractivity contribution >= 4 is 29.9 Å². The van der Waals surface area contributed by atoms with E-state index in [1.54, 1.807) is 6.07 Å². The molecule has 3 N–H and O–H groups in total. The molecular weight excluding hydrogens is 252 g/mol. The van der Waals surface area contributed by atoms with E-state index in [1.165, 1.54) is 18.2 Å². The summed E-state index contributed by atoms with van der Waals surface area (Å²) in [4.78, 5) is 44.9.